The molecule has 4 rings (SSSR count). The van der Waals surface area contributed by atoms with Gasteiger partial charge in [0.05, 0.1) is 0 Å². The van der Waals surface area contributed by atoms with Gasteiger partial charge in [0.15, 0.2) is 0 Å². The molecule has 4 aromatic rings. The highest BCUT2D eigenvalue weighted by molar-refractivity contribution is 5.93. The largest absolute Gasteiger partial charge is 0.361 e. The fraction of sp³-hybridized carbons (Fsp3) is 0.312. The van der Waals surface area contributed by atoms with E-state index in [0.717, 1.165) is 38.8 Å². The van der Waals surface area contributed by atoms with Crippen LogP contribution in [0.4, 0.5) is 14.9 Å². The summed E-state index contributed by atoms with van der Waals surface area (Å²) in [6.45, 7) is 9.20. The highest BCUT2D eigenvalue weighted by atomic mass is 19.1. The smallest absolute Gasteiger partial charge is 0.322 e. The van der Waals surface area contributed by atoms with Crippen molar-refractivity contribution in [1.82, 2.24) is 14.8 Å². The molecule has 0 saturated heterocycles. The Morgan fingerprint density at radius 2 is 1.69 bits per heavy atom. The molecule has 7 heteroatoms. The Balaban J connectivity index is 1.53. The summed E-state index contributed by atoms with van der Waals surface area (Å²) >= 11 is 0. The summed E-state index contributed by atoms with van der Waals surface area (Å²) in [7, 11) is 0. The second kappa shape index (κ2) is 12.6. The molecule has 0 fully saturated rings. The first kappa shape index (κ1) is 27.9. The number of rotatable bonds is 10. The van der Waals surface area contributed by atoms with Crippen LogP contribution in [0.2, 0.25) is 0 Å². The Bertz CT molecular complexity index is 1430. The van der Waals surface area contributed by atoms with Crippen LogP contribution in [0, 0.1) is 25.6 Å². The number of aryl methyl sites for hydroxylation is 1. The van der Waals surface area contributed by atoms with Gasteiger partial charge in [-0.05, 0) is 72.7 Å². The van der Waals surface area contributed by atoms with Crippen molar-refractivity contribution in [3.05, 3.63) is 101 Å². The maximum absolute atomic E-state index is 13.7. The number of anilines is 1. The molecule has 0 atom stereocenters. The summed E-state index contributed by atoms with van der Waals surface area (Å²) in [5.41, 5.74) is 5.83. The number of nitrogens with zero attached hydrogens (tertiary/aromatic N) is 2. The van der Waals surface area contributed by atoms with Gasteiger partial charge in [-0.1, -0.05) is 56.3 Å². The van der Waals surface area contributed by atoms with Crippen LogP contribution < -0.4 is 5.32 Å². The van der Waals surface area contributed by atoms with Gasteiger partial charge in [-0.25, -0.2) is 9.18 Å². The molecule has 39 heavy (non-hydrogen) atoms. The molecular weight excluding hydrogens is 491 g/mol. The Morgan fingerprint density at radius 1 is 0.949 bits per heavy atom. The number of benzene rings is 3. The molecule has 0 unspecified atom stereocenters. The monoisotopic (exact) mass is 528 g/mol. The van der Waals surface area contributed by atoms with E-state index in [1.807, 2.05) is 70.3 Å². The summed E-state index contributed by atoms with van der Waals surface area (Å²) < 4.78 is 13.5. The van der Waals surface area contributed by atoms with Gasteiger partial charge in [0, 0.05) is 42.4 Å². The lowest BCUT2D eigenvalue weighted by Gasteiger charge is -2.29. The zero-order chi connectivity index (χ0) is 27.9. The van der Waals surface area contributed by atoms with Gasteiger partial charge in [-0.15, -0.1) is 0 Å². The maximum atomic E-state index is 13.7. The molecule has 0 aliphatic carbocycles. The first-order valence-corrected chi connectivity index (χ1v) is 13.4. The normalized spacial score (nSPS) is 11.1. The van der Waals surface area contributed by atoms with E-state index in [0.29, 0.717) is 26.1 Å². The van der Waals surface area contributed by atoms with Crippen LogP contribution in [0.1, 0.15) is 36.1 Å². The number of urea groups is 1. The lowest BCUT2D eigenvalue weighted by Crippen LogP contribution is -2.46. The lowest BCUT2D eigenvalue weighted by molar-refractivity contribution is -0.132. The average Bonchev–Trinajstić information content (AvgIpc) is 3.32. The van der Waals surface area contributed by atoms with Crippen molar-refractivity contribution in [2.75, 3.05) is 25.0 Å². The third-order valence-corrected chi connectivity index (χ3v) is 7.01. The fourth-order valence-electron chi connectivity index (χ4n) is 4.70. The van der Waals surface area contributed by atoms with Crippen LogP contribution in [-0.2, 0) is 17.8 Å². The Hall–Kier alpha value is -4.13. The molecule has 2 N–H and O–H groups in total. The van der Waals surface area contributed by atoms with Gasteiger partial charge >= 0.3 is 6.03 Å². The van der Waals surface area contributed by atoms with E-state index in [2.05, 4.69) is 16.4 Å². The van der Waals surface area contributed by atoms with E-state index in [1.54, 1.807) is 21.9 Å². The predicted octanol–water partition coefficient (Wildman–Crippen LogP) is 6.69. The molecule has 1 heterocycles. The number of carbonyl (C=O) groups is 2. The molecule has 0 spiro atoms. The van der Waals surface area contributed by atoms with Gasteiger partial charge in [0.25, 0.3) is 0 Å². The molecule has 3 amide bonds. The number of carbonyl (C=O) groups excluding carboxylic acids is 2. The zero-order valence-corrected chi connectivity index (χ0v) is 23.1. The first-order chi connectivity index (χ1) is 18.7. The number of aromatic amines is 1. The second-order valence-electron chi connectivity index (χ2n) is 10.5. The summed E-state index contributed by atoms with van der Waals surface area (Å²) in [4.78, 5) is 33.7. The minimum absolute atomic E-state index is 0.0516. The van der Waals surface area contributed by atoms with Crippen molar-refractivity contribution in [2.24, 2.45) is 5.92 Å². The summed E-state index contributed by atoms with van der Waals surface area (Å²) in [6, 6.07) is 19.8. The average molecular weight is 529 g/mol. The number of H-pyrrole nitrogens is 1. The van der Waals surface area contributed by atoms with Gasteiger partial charge in [0.1, 0.15) is 12.4 Å². The van der Waals surface area contributed by atoms with Gasteiger partial charge in [0.2, 0.25) is 5.91 Å². The number of hydrogen-bond acceptors (Lipinski definition) is 2. The second-order valence-corrected chi connectivity index (χ2v) is 10.5. The Morgan fingerprint density at radius 3 is 2.44 bits per heavy atom. The van der Waals surface area contributed by atoms with Crippen LogP contribution in [0.5, 0.6) is 0 Å². The number of aromatic nitrogens is 1. The molecule has 6 nitrogen and oxygen atoms in total. The van der Waals surface area contributed by atoms with Crippen LogP contribution in [-0.4, -0.2) is 46.4 Å². The van der Waals surface area contributed by atoms with Gasteiger partial charge in [-0.3, -0.25) is 4.79 Å². The van der Waals surface area contributed by atoms with Crippen LogP contribution >= 0.6 is 0 Å². The standard InChI is InChI=1S/C32H37FN4O2/c1-22(2)19-37(32(39)35-29-11-7-8-23(3)24(29)4)21-31(38)36(20-25-12-14-27(33)15-13-25)17-16-26-18-34-30-10-6-5-9-28(26)30/h5-15,18,22,34H,16-17,19-21H2,1-4H3,(H,35,39). The third kappa shape index (κ3) is 7.25. The summed E-state index contributed by atoms with van der Waals surface area (Å²) in [5.74, 6) is -0.295. The van der Waals surface area contributed by atoms with Crippen molar-refractivity contribution < 1.29 is 14.0 Å². The van der Waals surface area contributed by atoms with Crippen LogP contribution in [0.3, 0.4) is 0 Å². The highest BCUT2D eigenvalue weighted by Crippen LogP contribution is 2.20. The lowest BCUT2D eigenvalue weighted by atomic mass is 10.1. The van der Waals surface area contributed by atoms with Crippen molar-refractivity contribution in [1.29, 1.82) is 0 Å². The number of halogens is 1. The number of nitrogens with one attached hydrogen (secondary N) is 2. The summed E-state index contributed by atoms with van der Waals surface area (Å²) in [6.07, 6.45) is 2.63. The van der Waals surface area contributed by atoms with E-state index < -0.39 is 0 Å². The van der Waals surface area contributed by atoms with E-state index in [1.165, 1.54) is 12.1 Å². The predicted molar refractivity (Wildman–Crippen MR) is 155 cm³/mol. The minimum atomic E-state index is -0.318. The third-order valence-electron chi connectivity index (χ3n) is 7.01. The number of hydrogen-bond donors (Lipinski definition) is 2. The molecule has 0 radical (unpaired) electrons. The van der Waals surface area contributed by atoms with Crippen molar-refractivity contribution in [3.8, 4) is 0 Å². The minimum Gasteiger partial charge on any atom is -0.361 e. The molecule has 1 aromatic heterocycles. The molecule has 0 saturated carbocycles. The topological polar surface area (TPSA) is 68.4 Å². The maximum Gasteiger partial charge on any atom is 0.322 e. The highest BCUT2D eigenvalue weighted by Gasteiger charge is 2.23. The van der Waals surface area contributed by atoms with E-state index in [-0.39, 0.29) is 30.2 Å². The van der Waals surface area contributed by atoms with E-state index >= 15 is 0 Å². The molecule has 0 bridgehead atoms. The quantitative estimate of drug-likeness (QED) is 0.241. The van der Waals surface area contributed by atoms with Crippen LogP contribution in [0.15, 0.2) is 72.9 Å². The Labute approximate surface area is 229 Å². The molecule has 0 aliphatic heterocycles. The number of para-hydroxylation sites is 1. The molecular formula is C32H37FN4O2. The van der Waals surface area contributed by atoms with E-state index in [9.17, 15) is 14.0 Å². The molecule has 3 aromatic carbocycles. The van der Waals surface area contributed by atoms with Crippen LogP contribution in [0.25, 0.3) is 10.9 Å². The molecule has 204 valence electrons. The number of amides is 3. The number of fused-ring (bicyclic) bond motifs is 1. The first-order valence-electron chi connectivity index (χ1n) is 13.4. The fourth-order valence-corrected chi connectivity index (χ4v) is 4.70. The SMILES string of the molecule is Cc1cccc(NC(=O)N(CC(=O)N(CCc2c[nH]c3ccccc23)Cc2ccc(F)cc2)CC(C)C)c1C. The van der Waals surface area contributed by atoms with Crippen molar-refractivity contribution in [2.45, 2.75) is 40.7 Å². The van der Waals surface area contributed by atoms with Crippen molar-refractivity contribution >= 4 is 28.5 Å². The summed E-state index contributed by atoms with van der Waals surface area (Å²) in [5, 5.41) is 4.13. The van der Waals surface area contributed by atoms with Crippen molar-refractivity contribution in [3.63, 3.8) is 0 Å². The van der Waals surface area contributed by atoms with E-state index in [4.69, 9.17) is 0 Å². The van der Waals surface area contributed by atoms with Gasteiger partial charge in [-0.2, -0.15) is 0 Å². The van der Waals surface area contributed by atoms with Gasteiger partial charge < -0.3 is 20.1 Å². The molecule has 0 aliphatic rings. The zero-order valence-electron chi connectivity index (χ0n) is 23.1. The Kier molecular flexibility index (Phi) is 9.02.